The highest BCUT2D eigenvalue weighted by molar-refractivity contribution is 6.32. The van der Waals surface area contributed by atoms with Crippen molar-refractivity contribution < 1.29 is 14.6 Å². The van der Waals surface area contributed by atoms with Crippen LogP contribution in [0.1, 0.15) is 43.2 Å². The molecule has 2 aromatic carbocycles. The molecule has 1 saturated heterocycles. The van der Waals surface area contributed by atoms with Crippen LogP contribution >= 0.6 is 24.0 Å². The molecule has 2 heterocycles. The Morgan fingerprint density at radius 2 is 1.97 bits per heavy atom. The van der Waals surface area contributed by atoms with Crippen LogP contribution in [0.4, 0.5) is 11.6 Å². The summed E-state index contributed by atoms with van der Waals surface area (Å²) < 4.78 is 5.23. The molecule has 5 rings (SSSR count). The first-order valence-corrected chi connectivity index (χ1v) is 12.5. The smallest absolute Gasteiger partial charge is 0.303 e. The number of halogens is 2. The number of benzene rings is 2. The SMILES string of the molecule is COc1ccc(CNc2nnc(N3CCC4(CC3)CC(CC(=O)O)C4)c3ccc(C#N)cc23)cc1Cl.Cl. The quantitative estimate of drug-likeness (QED) is 0.393. The number of fused-ring (bicyclic) bond motifs is 1. The van der Waals surface area contributed by atoms with Crippen LogP contribution in [0.3, 0.4) is 0 Å². The van der Waals surface area contributed by atoms with Gasteiger partial charge in [0.25, 0.3) is 0 Å². The Bertz CT molecular complexity index is 1340. The number of nitriles is 1. The Balaban J connectivity index is 0.00000320. The van der Waals surface area contributed by atoms with Crippen molar-refractivity contribution in [3.63, 3.8) is 0 Å². The lowest BCUT2D eigenvalue weighted by Gasteiger charge is -2.52. The number of piperidine rings is 1. The third-order valence-corrected chi connectivity index (χ3v) is 7.89. The van der Waals surface area contributed by atoms with Crippen LogP contribution in [0, 0.1) is 22.7 Å². The Kier molecular flexibility index (Phi) is 7.96. The number of rotatable bonds is 7. The van der Waals surface area contributed by atoms with E-state index in [1.54, 1.807) is 7.11 Å². The zero-order valence-corrected chi connectivity index (χ0v) is 22.1. The fraction of sp³-hybridized carbons (Fsp3) is 0.407. The second-order valence-electron chi connectivity index (χ2n) is 9.93. The molecule has 2 fully saturated rings. The van der Waals surface area contributed by atoms with Gasteiger partial charge in [0, 0.05) is 36.8 Å². The molecule has 0 radical (unpaired) electrons. The molecule has 1 aliphatic carbocycles. The van der Waals surface area contributed by atoms with E-state index in [-0.39, 0.29) is 24.2 Å². The summed E-state index contributed by atoms with van der Waals surface area (Å²) in [4.78, 5) is 13.3. The maximum atomic E-state index is 11.0. The molecule has 1 aliphatic heterocycles. The highest BCUT2D eigenvalue weighted by atomic mass is 35.5. The van der Waals surface area contributed by atoms with Gasteiger partial charge in [0.15, 0.2) is 11.6 Å². The summed E-state index contributed by atoms with van der Waals surface area (Å²) in [5.74, 6) is 1.67. The molecule has 0 bridgehead atoms. The lowest BCUT2D eigenvalue weighted by Crippen LogP contribution is -2.47. The molecule has 0 atom stereocenters. The molecule has 2 aliphatic rings. The van der Waals surface area contributed by atoms with Crippen LogP contribution in [0.15, 0.2) is 36.4 Å². The number of hydrogen-bond donors (Lipinski definition) is 2. The van der Waals surface area contributed by atoms with E-state index >= 15 is 0 Å². The van der Waals surface area contributed by atoms with Gasteiger partial charge in [0.05, 0.1) is 23.8 Å². The van der Waals surface area contributed by atoms with Crippen LogP contribution in [-0.2, 0) is 11.3 Å². The van der Waals surface area contributed by atoms with Gasteiger partial charge in [-0.05, 0) is 72.9 Å². The summed E-state index contributed by atoms with van der Waals surface area (Å²) >= 11 is 6.27. The van der Waals surface area contributed by atoms with Crippen molar-refractivity contribution in [3.05, 3.63) is 52.5 Å². The van der Waals surface area contributed by atoms with Crippen molar-refractivity contribution in [1.82, 2.24) is 10.2 Å². The van der Waals surface area contributed by atoms with Gasteiger partial charge in [-0.1, -0.05) is 17.7 Å². The molecule has 2 N–H and O–H groups in total. The number of methoxy groups -OCH3 is 1. The number of ether oxygens (including phenoxy) is 1. The van der Waals surface area contributed by atoms with Crippen LogP contribution < -0.4 is 15.0 Å². The number of hydrogen-bond acceptors (Lipinski definition) is 7. The monoisotopic (exact) mass is 541 g/mol. The van der Waals surface area contributed by atoms with Crippen LogP contribution in [0.2, 0.25) is 5.02 Å². The van der Waals surface area contributed by atoms with Gasteiger partial charge in [-0.25, -0.2) is 0 Å². The summed E-state index contributed by atoms with van der Waals surface area (Å²) in [6, 6.07) is 13.5. The van der Waals surface area contributed by atoms with Crippen molar-refractivity contribution in [2.75, 3.05) is 30.4 Å². The first kappa shape index (κ1) is 26.8. The fourth-order valence-corrected chi connectivity index (χ4v) is 6.02. The molecule has 10 heteroatoms. The van der Waals surface area contributed by atoms with Gasteiger partial charge in [-0.15, -0.1) is 22.6 Å². The van der Waals surface area contributed by atoms with Gasteiger partial charge in [-0.3, -0.25) is 4.79 Å². The van der Waals surface area contributed by atoms with Crippen molar-refractivity contribution in [2.45, 2.75) is 38.6 Å². The first-order valence-electron chi connectivity index (χ1n) is 12.1. The lowest BCUT2D eigenvalue weighted by molar-refractivity contribution is -0.140. The van der Waals surface area contributed by atoms with Gasteiger partial charge < -0.3 is 20.1 Å². The Hall–Kier alpha value is -3.28. The van der Waals surface area contributed by atoms with Crippen LogP contribution in [-0.4, -0.2) is 41.5 Å². The number of anilines is 2. The average Bonchev–Trinajstić information content (AvgIpc) is 2.86. The second kappa shape index (κ2) is 11.0. The Labute approximate surface area is 227 Å². The third kappa shape index (κ3) is 5.53. The van der Waals surface area contributed by atoms with E-state index < -0.39 is 5.97 Å². The number of nitrogens with one attached hydrogen (secondary N) is 1. The summed E-state index contributed by atoms with van der Waals surface area (Å²) in [6.45, 7) is 2.22. The molecule has 37 heavy (non-hydrogen) atoms. The molecule has 0 amide bonds. The minimum atomic E-state index is -0.699. The average molecular weight is 542 g/mol. The summed E-state index contributed by atoms with van der Waals surface area (Å²) in [7, 11) is 1.58. The minimum Gasteiger partial charge on any atom is -0.495 e. The summed E-state index contributed by atoms with van der Waals surface area (Å²) in [5.41, 5.74) is 1.81. The van der Waals surface area contributed by atoms with E-state index in [0.717, 1.165) is 60.9 Å². The number of carboxylic acids is 1. The molecular weight excluding hydrogens is 513 g/mol. The zero-order chi connectivity index (χ0) is 25.3. The van der Waals surface area contributed by atoms with Crippen LogP contribution in [0.5, 0.6) is 5.75 Å². The van der Waals surface area contributed by atoms with E-state index in [4.69, 9.17) is 21.4 Å². The topological polar surface area (TPSA) is 111 Å². The fourth-order valence-electron chi connectivity index (χ4n) is 5.74. The molecule has 3 aromatic rings. The predicted molar refractivity (Wildman–Crippen MR) is 146 cm³/mol. The molecule has 0 unspecified atom stereocenters. The predicted octanol–water partition coefficient (Wildman–Crippen LogP) is 5.67. The van der Waals surface area contributed by atoms with E-state index in [1.807, 2.05) is 36.4 Å². The maximum Gasteiger partial charge on any atom is 0.303 e. The molecule has 1 spiro atoms. The second-order valence-corrected chi connectivity index (χ2v) is 10.3. The minimum absolute atomic E-state index is 0. The number of nitrogens with zero attached hydrogens (tertiary/aromatic N) is 4. The molecule has 194 valence electrons. The highest BCUT2D eigenvalue weighted by Gasteiger charge is 2.46. The number of carboxylic acid groups (broad SMARTS) is 1. The highest BCUT2D eigenvalue weighted by Crippen LogP contribution is 2.54. The maximum absolute atomic E-state index is 11.0. The molecular formula is C27H29Cl2N5O3. The van der Waals surface area contributed by atoms with Gasteiger partial charge >= 0.3 is 5.97 Å². The van der Waals surface area contributed by atoms with Crippen LogP contribution in [0.25, 0.3) is 10.8 Å². The molecule has 1 saturated carbocycles. The van der Waals surface area contributed by atoms with Crippen molar-refractivity contribution >= 4 is 52.4 Å². The summed E-state index contributed by atoms with van der Waals surface area (Å²) in [5, 5.41) is 33.3. The zero-order valence-electron chi connectivity index (χ0n) is 20.5. The number of aromatic nitrogens is 2. The number of carbonyl (C=O) groups is 1. The van der Waals surface area contributed by atoms with Crippen molar-refractivity contribution in [1.29, 1.82) is 5.26 Å². The van der Waals surface area contributed by atoms with Gasteiger partial charge in [-0.2, -0.15) is 5.26 Å². The number of aliphatic carboxylic acids is 1. The van der Waals surface area contributed by atoms with Crippen molar-refractivity contribution in [3.8, 4) is 11.8 Å². The standard InChI is InChI=1S/C27H28ClN5O3.ClH/c1-36-23-5-3-18(11-22(23)28)16-30-25-21-10-17(15-29)2-4-20(21)26(32-31-25)33-8-6-27(7-9-33)13-19(14-27)12-24(34)35;/h2-5,10-11,19H,6-9,12-14,16H2,1H3,(H,30,31)(H,34,35);1H. The van der Waals surface area contributed by atoms with E-state index in [0.29, 0.717) is 34.6 Å². The van der Waals surface area contributed by atoms with Crippen molar-refractivity contribution in [2.24, 2.45) is 11.3 Å². The largest absolute Gasteiger partial charge is 0.495 e. The Morgan fingerprint density at radius 1 is 1.22 bits per heavy atom. The lowest BCUT2D eigenvalue weighted by atomic mass is 9.57. The Morgan fingerprint density at radius 3 is 2.62 bits per heavy atom. The third-order valence-electron chi connectivity index (χ3n) is 7.60. The molecule has 1 aromatic heterocycles. The van der Waals surface area contributed by atoms with Gasteiger partial charge in [0.1, 0.15) is 5.75 Å². The van der Waals surface area contributed by atoms with E-state index in [9.17, 15) is 10.1 Å². The normalized spacial score (nSPS) is 16.5. The van der Waals surface area contributed by atoms with Gasteiger partial charge in [0.2, 0.25) is 0 Å². The van der Waals surface area contributed by atoms with E-state index in [2.05, 4.69) is 26.5 Å². The molecule has 8 nitrogen and oxygen atoms in total. The summed E-state index contributed by atoms with van der Waals surface area (Å²) in [6.07, 6.45) is 4.34. The first-order chi connectivity index (χ1) is 17.4. The van der Waals surface area contributed by atoms with E-state index in [1.165, 1.54) is 0 Å².